The predicted molar refractivity (Wildman–Crippen MR) is 67.0 cm³/mol. The summed E-state index contributed by atoms with van der Waals surface area (Å²) in [5, 5.41) is -5.57. The molecule has 0 fully saturated rings. The number of unbranched alkanes of at least 4 members (excludes halogenated alkanes) is 1. The molecule has 0 amide bonds. The first kappa shape index (κ1) is 20.5. The Morgan fingerprint density at radius 2 is 1.88 bits per heavy atom. The van der Waals surface area contributed by atoms with Gasteiger partial charge in [0.2, 0.25) is 0 Å². The molecule has 140 valence electrons. The fourth-order valence-corrected chi connectivity index (χ4v) is 2.36. The van der Waals surface area contributed by atoms with Crippen LogP contribution in [0.2, 0.25) is 0 Å². The number of ether oxygens (including phenoxy) is 1. The van der Waals surface area contributed by atoms with Crippen molar-refractivity contribution < 1.29 is 48.2 Å². The molecular formula is C11H15F6N2O4S+. The Labute approximate surface area is 133 Å². The first-order valence-corrected chi connectivity index (χ1v) is 7.98. The van der Waals surface area contributed by atoms with E-state index >= 15 is 0 Å². The minimum Gasteiger partial charge on any atom is -0.304 e. The normalized spacial score (nSPS) is 14.7. The summed E-state index contributed by atoms with van der Waals surface area (Å²) < 4.78 is 107. The number of nitrogens with zero attached hydrogens (tertiary/aromatic N) is 2. The highest BCUT2D eigenvalue weighted by atomic mass is 32.2. The molecule has 0 aliphatic heterocycles. The SMILES string of the molecule is CCCCn1cc[n+](C)c1OS(=O)(=O)C(F)(F)C(F)OC(F)(F)F. The zero-order valence-electron chi connectivity index (χ0n) is 12.6. The summed E-state index contributed by atoms with van der Waals surface area (Å²) in [5.74, 6) is 0. The number of aromatic nitrogens is 2. The van der Waals surface area contributed by atoms with E-state index in [1.54, 1.807) is 0 Å². The molecule has 0 aliphatic rings. The minimum atomic E-state index is -6.10. The number of aryl methyl sites for hydroxylation is 2. The van der Waals surface area contributed by atoms with Crippen LogP contribution in [0.4, 0.5) is 26.3 Å². The number of rotatable bonds is 8. The molecule has 6 nitrogen and oxygen atoms in total. The lowest BCUT2D eigenvalue weighted by Gasteiger charge is -2.20. The second kappa shape index (κ2) is 7.17. The molecule has 1 aromatic heterocycles. The van der Waals surface area contributed by atoms with Crippen LogP contribution in [0.15, 0.2) is 12.4 Å². The van der Waals surface area contributed by atoms with E-state index < -0.39 is 34.1 Å². The molecule has 1 heterocycles. The first-order chi connectivity index (χ1) is 10.8. The zero-order chi connectivity index (χ0) is 18.8. The van der Waals surface area contributed by atoms with E-state index in [1.807, 2.05) is 6.92 Å². The highest BCUT2D eigenvalue weighted by Crippen LogP contribution is 2.34. The Morgan fingerprint density at radius 1 is 1.29 bits per heavy atom. The van der Waals surface area contributed by atoms with E-state index in [9.17, 15) is 34.8 Å². The monoisotopic (exact) mass is 385 g/mol. The van der Waals surface area contributed by atoms with Crippen LogP contribution in [0.1, 0.15) is 19.8 Å². The van der Waals surface area contributed by atoms with Gasteiger partial charge >= 0.3 is 27.7 Å². The van der Waals surface area contributed by atoms with Crippen molar-refractivity contribution in [3.63, 3.8) is 0 Å². The van der Waals surface area contributed by atoms with Gasteiger partial charge in [0.1, 0.15) is 12.4 Å². The maximum absolute atomic E-state index is 13.5. The molecule has 1 atom stereocenters. The van der Waals surface area contributed by atoms with Gasteiger partial charge in [-0.25, -0.2) is 9.13 Å². The average molecular weight is 385 g/mol. The fourth-order valence-electron chi connectivity index (χ4n) is 1.57. The van der Waals surface area contributed by atoms with Crippen molar-refractivity contribution in [2.24, 2.45) is 7.05 Å². The van der Waals surface area contributed by atoms with Gasteiger partial charge in [0.05, 0.1) is 13.6 Å². The summed E-state index contributed by atoms with van der Waals surface area (Å²) in [4.78, 5) is 0. The maximum Gasteiger partial charge on any atom is 0.525 e. The molecule has 24 heavy (non-hydrogen) atoms. The van der Waals surface area contributed by atoms with Gasteiger partial charge in [-0.3, -0.25) is 0 Å². The van der Waals surface area contributed by atoms with E-state index in [-0.39, 0.29) is 6.54 Å². The molecule has 0 N–H and O–H groups in total. The van der Waals surface area contributed by atoms with Crippen LogP contribution in [0.25, 0.3) is 0 Å². The van der Waals surface area contributed by atoms with Crippen LogP contribution in [0.3, 0.4) is 0 Å². The Bertz CT molecular complexity index is 658. The van der Waals surface area contributed by atoms with E-state index in [1.165, 1.54) is 19.4 Å². The van der Waals surface area contributed by atoms with Crippen molar-refractivity contribution in [3.05, 3.63) is 12.4 Å². The molecule has 0 radical (unpaired) electrons. The lowest BCUT2D eigenvalue weighted by molar-refractivity contribution is -0.674. The van der Waals surface area contributed by atoms with Gasteiger partial charge in [0.15, 0.2) is 0 Å². The molecule has 0 saturated carbocycles. The van der Waals surface area contributed by atoms with Gasteiger partial charge < -0.3 is 4.18 Å². The van der Waals surface area contributed by atoms with Gasteiger partial charge in [-0.05, 0) is 6.42 Å². The maximum atomic E-state index is 13.5. The summed E-state index contributed by atoms with van der Waals surface area (Å²) in [6, 6.07) is -0.609. The van der Waals surface area contributed by atoms with Gasteiger partial charge in [-0.1, -0.05) is 13.3 Å². The Kier molecular flexibility index (Phi) is 6.14. The van der Waals surface area contributed by atoms with Gasteiger partial charge in [-0.2, -0.15) is 26.3 Å². The summed E-state index contributed by atoms with van der Waals surface area (Å²) >= 11 is 0. The molecule has 1 unspecified atom stereocenters. The number of imidazole rings is 1. The van der Waals surface area contributed by atoms with Crippen molar-refractivity contribution in [1.82, 2.24) is 4.57 Å². The van der Waals surface area contributed by atoms with Crippen LogP contribution in [-0.4, -0.2) is 31.0 Å². The second-order valence-corrected chi connectivity index (χ2v) is 6.34. The molecule has 0 bridgehead atoms. The minimum absolute atomic E-state index is 0.200. The third kappa shape index (κ3) is 4.75. The van der Waals surface area contributed by atoms with Crippen molar-refractivity contribution in [2.75, 3.05) is 0 Å². The number of hydrogen-bond donors (Lipinski definition) is 0. The standard InChI is InChI=1S/C11H15F6N2O4S/c1-3-4-5-19-7-6-18(2)9(19)23-24(20,21)10(13,14)8(12)22-11(15,16)17/h6-8H,3-5H2,1-2H3/q+1. The lowest BCUT2D eigenvalue weighted by Crippen LogP contribution is -2.46. The summed E-state index contributed by atoms with van der Waals surface area (Å²) in [6.45, 7) is 2.02. The van der Waals surface area contributed by atoms with Crippen LogP contribution >= 0.6 is 0 Å². The highest BCUT2D eigenvalue weighted by molar-refractivity contribution is 7.88. The quantitative estimate of drug-likeness (QED) is 0.391. The van der Waals surface area contributed by atoms with Crippen molar-refractivity contribution in [1.29, 1.82) is 0 Å². The van der Waals surface area contributed by atoms with Crippen molar-refractivity contribution in [3.8, 4) is 6.01 Å². The zero-order valence-corrected chi connectivity index (χ0v) is 13.4. The molecule has 13 heteroatoms. The van der Waals surface area contributed by atoms with Crippen molar-refractivity contribution >= 4 is 10.1 Å². The molecule has 0 aromatic carbocycles. The first-order valence-electron chi connectivity index (χ1n) is 6.57. The number of halogens is 6. The third-order valence-electron chi connectivity index (χ3n) is 2.79. The largest absolute Gasteiger partial charge is 0.525 e. The summed E-state index contributed by atoms with van der Waals surface area (Å²) in [5.41, 5.74) is 0. The van der Waals surface area contributed by atoms with Gasteiger partial charge in [0, 0.05) is 0 Å². The fraction of sp³-hybridized carbons (Fsp3) is 0.727. The smallest absolute Gasteiger partial charge is 0.304 e. The third-order valence-corrected chi connectivity index (χ3v) is 4.01. The molecule has 0 saturated heterocycles. The van der Waals surface area contributed by atoms with E-state index in [4.69, 9.17) is 0 Å². The van der Waals surface area contributed by atoms with Crippen LogP contribution in [0, 0.1) is 0 Å². The van der Waals surface area contributed by atoms with Gasteiger partial charge in [-0.15, -0.1) is 13.2 Å². The van der Waals surface area contributed by atoms with E-state index in [0.717, 1.165) is 9.13 Å². The van der Waals surface area contributed by atoms with Gasteiger partial charge in [0.25, 0.3) is 6.36 Å². The van der Waals surface area contributed by atoms with Crippen LogP contribution in [-0.2, 0) is 28.4 Å². The molecule has 1 aromatic rings. The average Bonchev–Trinajstić information content (AvgIpc) is 2.75. The van der Waals surface area contributed by atoms with Crippen LogP contribution < -0.4 is 8.75 Å². The number of alkyl halides is 6. The summed E-state index contributed by atoms with van der Waals surface area (Å²) in [6.07, 6.45) is -6.44. The molecular weight excluding hydrogens is 370 g/mol. The van der Waals surface area contributed by atoms with Crippen molar-refractivity contribution in [2.45, 2.75) is 44.3 Å². The van der Waals surface area contributed by atoms with E-state index in [2.05, 4.69) is 8.92 Å². The topological polar surface area (TPSA) is 61.4 Å². The molecule has 0 spiro atoms. The van der Waals surface area contributed by atoms with Crippen LogP contribution in [0.5, 0.6) is 6.01 Å². The Hall–Kier alpha value is -1.50. The second-order valence-electron chi connectivity index (χ2n) is 4.72. The number of hydrogen-bond acceptors (Lipinski definition) is 4. The lowest BCUT2D eigenvalue weighted by atomic mass is 10.3. The summed E-state index contributed by atoms with van der Waals surface area (Å²) in [7, 11) is -4.84. The molecule has 0 aliphatic carbocycles. The van der Waals surface area contributed by atoms with E-state index in [0.29, 0.717) is 12.8 Å². The Morgan fingerprint density at radius 3 is 2.38 bits per heavy atom. The molecule has 1 rings (SSSR count). The predicted octanol–water partition coefficient (Wildman–Crippen LogP) is 2.25. The Balaban J connectivity index is 3.06. The highest BCUT2D eigenvalue weighted by Gasteiger charge is 2.60.